The number of methoxy groups -OCH3 is 1. The number of rotatable bonds is 2. The maximum Gasteiger partial charge on any atom is 0.145 e. The molecule has 0 N–H and O–H groups in total. The number of alkyl halides is 1. The fourth-order valence-electron chi connectivity index (χ4n) is 1.45. The SMILES string of the molecule is COc1cccc2cc(CCl)c(Cl)nc12. The van der Waals surface area contributed by atoms with Gasteiger partial charge in [-0.25, -0.2) is 4.98 Å². The van der Waals surface area contributed by atoms with E-state index in [9.17, 15) is 0 Å². The first-order valence-corrected chi connectivity index (χ1v) is 5.35. The van der Waals surface area contributed by atoms with Crippen LogP contribution in [-0.2, 0) is 5.88 Å². The Bertz CT molecular complexity index is 499. The van der Waals surface area contributed by atoms with E-state index in [1.165, 1.54) is 0 Å². The lowest BCUT2D eigenvalue weighted by Crippen LogP contribution is -1.91. The van der Waals surface area contributed by atoms with Gasteiger partial charge in [0.25, 0.3) is 0 Å². The van der Waals surface area contributed by atoms with Crippen molar-refractivity contribution in [1.82, 2.24) is 4.98 Å². The van der Waals surface area contributed by atoms with Crippen LogP contribution in [-0.4, -0.2) is 12.1 Å². The minimum absolute atomic E-state index is 0.360. The molecule has 0 radical (unpaired) electrons. The molecule has 1 heterocycles. The van der Waals surface area contributed by atoms with Crippen molar-refractivity contribution in [2.45, 2.75) is 5.88 Å². The van der Waals surface area contributed by atoms with Gasteiger partial charge in [-0.15, -0.1) is 11.6 Å². The van der Waals surface area contributed by atoms with Crippen LogP contribution in [0.25, 0.3) is 10.9 Å². The minimum Gasteiger partial charge on any atom is -0.494 e. The monoisotopic (exact) mass is 241 g/mol. The first-order chi connectivity index (χ1) is 7.26. The third-order valence-electron chi connectivity index (χ3n) is 2.20. The quantitative estimate of drug-likeness (QED) is 0.592. The molecule has 0 aliphatic rings. The molecule has 0 bridgehead atoms. The minimum atomic E-state index is 0.360. The molecule has 0 aliphatic heterocycles. The molecule has 0 spiro atoms. The predicted octanol–water partition coefficient (Wildman–Crippen LogP) is 3.64. The van der Waals surface area contributed by atoms with E-state index in [-0.39, 0.29) is 0 Å². The maximum atomic E-state index is 5.98. The highest BCUT2D eigenvalue weighted by Crippen LogP contribution is 2.27. The Labute approximate surface area is 97.8 Å². The van der Waals surface area contributed by atoms with Crippen LogP contribution in [0.5, 0.6) is 5.75 Å². The molecule has 0 unspecified atom stereocenters. The highest BCUT2D eigenvalue weighted by molar-refractivity contribution is 6.31. The van der Waals surface area contributed by atoms with Gasteiger partial charge in [0, 0.05) is 10.9 Å². The van der Waals surface area contributed by atoms with Gasteiger partial charge >= 0.3 is 0 Å². The number of para-hydroxylation sites is 1. The smallest absolute Gasteiger partial charge is 0.145 e. The second kappa shape index (κ2) is 4.25. The Morgan fingerprint density at radius 1 is 1.40 bits per heavy atom. The van der Waals surface area contributed by atoms with Gasteiger partial charge in [0.15, 0.2) is 0 Å². The van der Waals surface area contributed by atoms with Gasteiger partial charge in [0.1, 0.15) is 16.4 Å². The summed E-state index contributed by atoms with van der Waals surface area (Å²) >= 11 is 11.7. The molecule has 78 valence electrons. The first kappa shape index (κ1) is 10.5. The summed E-state index contributed by atoms with van der Waals surface area (Å²) in [6.45, 7) is 0. The molecule has 2 aromatic rings. The lowest BCUT2D eigenvalue weighted by molar-refractivity contribution is 0.419. The highest BCUT2D eigenvalue weighted by atomic mass is 35.5. The third-order valence-corrected chi connectivity index (χ3v) is 2.81. The van der Waals surface area contributed by atoms with Crippen LogP contribution in [0.3, 0.4) is 0 Å². The molecular weight excluding hydrogens is 233 g/mol. The molecule has 1 aromatic carbocycles. The van der Waals surface area contributed by atoms with Crippen molar-refractivity contribution >= 4 is 34.1 Å². The Balaban J connectivity index is 2.74. The van der Waals surface area contributed by atoms with E-state index in [0.717, 1.165) is 22.2 Å². The molecule has 2 nitrogen and oxygen atoms in total. The molecule has 0 atom stereocenters. The average molecular weight is 242 g/mol. The van der Waals surface area contributed by atoms with Crippen molar-refractivity contribution in [3.8, 4) is 5.75 Å². The first-order valence-electron chi connectivity index (χ1n) is 4.44. The van der Waals surface area contributed by atoms with Crippen molar-refractivity contribution in [2.75, 3.05) is 7.11 Å². The van der Waals surface area contributed by atoms with Crippen LogP contribution in [0.2, 0.25) is 5.15 Å². The summed E-state index contributed by atoms with van der Waals surface area (Å²) in [5, 5.41) is 1.41. The molecule has 15 heavy (non-hydrogen) atoms. The fourth-order valence-corrected chi connectivity index (χ4v) is 1.93. The molecule has 1 aromatic heterocycles. The number of benzene rings is 1. The van der Waals surface area contributed by atoms with Gasteiger partial charge in [-0.2, -0.15) is 0 Å². The van der Waals surface area contributed by atoms with Crippen LogP contribution >= 0.6 is 23.2 Å². The van der Waals surface area contributed by atoms with Gasteiger partial charge < -0.3 is 4.74 Å². The lowest BCUT2D eigenvalue weighted by Gasteiger charge is -2.06. The second-order valence-electron chi connectivity index (χ2n) is 3.10. The molecule has 0 aliphatic carbocycles. The Morgan fingerprint density at radius 3 is 2.87 bits per heavy atom. The van der Waals surface area contributed by atoms with E-state index in [4.69, 9.17) is 27.9 Å². The standard InChI is InChI=1S/C11H9Cl2NO/c1-15-9-4-2-3-7-5-8(6-12)11(13)14-10(7)9/h2-5H,6H2,1H3. The number of fused-ring (bicyclic) bond motifs is 1. The van der Waals surface area contributed by atoms with Crippen molar-refractivity contribution < 1.29 is 4.74 Å². The van der Waals surface area contributed by atoms with E-state index in [0.29, 0.717) is 11.0 Å². The van der Waals surface area contributed by atoms with E-state index >= 15 is 0 Å². The van der Waals surface area contributed by atoms with Gasteiger partial charge in [0.2, 0.25) is 0 Å². The Hall–Kier alpha value is -0.990. The lowest BCUT2D eigenvalue weighted by atomic mass is 10.1. The summed E-state index contributed by atoms with van der Waals surface area (Å²) in [4.78, 5) is 4.27. The van der Waals surface area contributed by atoms with E-state index in [1.54, 1.807) is 7.11 Å². The molecule has 4 heteroatoms. The van der Waals surface area contributed by atoms with Gasteiger partial charge in [-0.3, -0.25) is 0 Å². The van der Waals surface area contributed by atoms with Crippen molar-refractivity contribution in [2.24, 2.45) is 0 Å². The topological polar surface area (TPSA) is 22.1 Å². The largest absolute Gasteiger partial charge is 0.494 e. The van der Waals surface area contributed by atoms with Crippen LogP contribution in [0, 0.1) is 0 Å². The van der Waals surface area contributed by atoms with E-state index < -0.39 is 0 Å². The third kappa shape index (κ3) is 1.87. The van der Waals surface area contributed by atoms with E-state index in [1.807, 2.05) is 24.3 Å². The zero-order valence-electron chi connectivity index (χ0n) is 8.13. The summed E-state index contributed by atoms with van der Waals surface area (Å²) < 4.78 is 5.20. The number of nitrogens with zero attached hydrogens (tertiary/aromatic N) is 1. The maximum absolute atomic E-state index is 5.98. The van der Waals surface area contributed by atoms with Crippen molar-refractivity contribution in [3.05, 3.63) is 35.0 Å². The zero-order chi connectivity index (χ0) is 10.8. The van der Waals surface area contributed by atoms with Crippen molar-refractivity contribution in [3.63, 3.8) is 0 Å². The summed E-state index contributed by atoms with van der Waals surface area (Å²) in [6, 6.07) is 7.65. The highest BCUT2D eigenvalue weighted by Gasteiger charge is 2.07. The zero-order valence-corrected chi connectivity index (χ0v) is 9.64. The summed E-state index contributed by atoms with van der Waals surface area (Å²) in [6.07, 6.45) is 0. The molecular formula is C11H9Cl2NO. The van der Waals surface area contributed by atoms with Gasteiger partial charge in [0.05, 0.1) is 13.0 Å². The van der Waals surface area contributed by atoms with Crippen LogP contribution in [0.15, 0.2) is 24.3 Å². The number of hydrogen-bond acceptors (Lipinski definition) is 2. The van der Waals surface area contributed by atoms with Crippen LogP contribution in [0.4, 0.5) is 0 Å². The number of pyridine rings is 1. The summed E-state index contributed by atoms with van der Waals surface area (Å²) in [7, 11) is 1.61. The van der Waals surface area contributed by atoms with Crippen molar-refractivity contribution in [1.29, 1.82) is 0 Å². The number of halogens is 2. The fraction of sp³-hybridized carbons (Fsp3) is 0.182. The van der Waals surface area contributed by atoms with Gasteiger partial charge in [-0.1, -0.05) is 23.7 Å². The number of ether oxygens (including phenoxy) is 1. The number of hydrogen-bond donors (Lipinski definition) is 0. The molecule has 0 saturated heterocycles. The van der Waals surface area contributed by atoms with Crippen LogP contribution < -0.4 is 4.74 Å². The van der Waals surface area contributed by atoms with Gasteiger partial charge in [-0.05, 0) is 12.1 Å². The Kier molecular flexibility index (Phi) is 2.98. The normalized spacial score (nSPS) is 10.6. The second-order valence-corrected chi connectivity index (χ2v) is 3.73. The molecule has 0 saturated carbocycles. The predicted molar refractivity (Wildman–Crippen MR) is 62.9 cm³/mol. The summed E-state index contributed by atoms with van der Waals surface area (Å²) in [5.74, 6) is 1.08. The Morgan fingerprint density at radius 2 is 2.20 bits per heavy atom. The average Bonchev–Trinajstić information content (AvgIpc) is 2.27. The molecule has 2 rings (SSSR count). The molecule has 0 amide bonds. The van der Waals surface area contributed by atoms with E-state index in [2.05, 4.69) is 4.98 Å². The summed E-state index contributed by atoms with van der Waals surface area (Å²) in [5.41, 5.74) is 1.60. The van der Waals surface area contributed by atoms with Crippen LogP contribution in [0.1, 0.15) is 5.56 Å². The molecule has 0 fully saturated rings. The number of aromatic nitrogens is 1.